The molecule has 0 heterocycles. The summed E-state index contributed by atoms with van der Waals surface area (Å²) in [5.74, 6) is 5.70. The van der Waals surface area contributed by atoms with Crippen molar-refractivity contribution in [3.8, 4) is 11.8 Å². The minimum absolute atomic E-state index is 0.440. The second kappa shape index (κ2) is 6.58. The van der Waals surface area contributed by atoms with Gasteiger partial charge in [0.05, 0.1) is 5.56 Å². The molecule has 1 aromatic carbocycles. The minimum Gasteiger partial charge on any atom is -0.366 e. The van der Waals surface area contributed by atoms with E-state index < -0.39 is 5.91 Å². The highest BCUT2D eigenvalue weighted by Crippen LogP contribution is 2.25. The van der Waals surface area contributed by atoms with Crippen molar-refractivity contribution in [2.24, 2.45) is 5.73 Å². The molecule has 0 unspecified atom stereocenters. The molecule has 0 atom stereocenters. The van der Waals surface area contributed by atoms with E-state index in [1.54, 1.807) is 18.2 Å². The average molecular weight is 275 g/mol. The third-order valence-corrected chi connectivity index (χ3v) is 3.18. The molecule has 104 valence electrons. The first kappa shape index (κ1) is 14.6. The van der Waals surface area contributed by atoms with Gasteiger partial charge in [0.2, 0.25) is 5.91 Å². The first-order chi connectivity index (χ1) is 10.1. The normalized spacial score (nSPS) is 16.0. The van der Waals surface area contributed by atoms with E-state index in [-0.39, 0.29) is 0 Å². The predicted molar refractivity (Wildman–Crippen MR) is 86.6 cm³/mol. The van der Waals surface area contributed by atoms with Crippen molar-refractivity contribution in [3.05, 3.63) is 83.0 Å². The largest absolute Gasteiger partial charge is 0.366 e. The highest BCUT2D eigenvalue weighted by Gasteiger charge is 2.09. The lowest BCUT2D eigenvalue weighted by molar-refractivity contribution is 0.1000. The first-order valence-electron chi connectivity index (χ1n) is 6.76. The van der Waals surface area contributed by atoms with Gasteiger partial charge in [-0.1, -0.05) is 54.9 Å². The summed E-state index contributed by atoms with van der Waals surface area (Å²) < 4.78 is 0. The van der Waals surface area contributed by atoms with Crippen LogP contribution in [0.1, 0.15) is 29.3 Å². The molecular weight excluding hydrogens is 258 g/mol. The third kappa shape index (κ3) is 3.40. The van der Waals surface area contributed by atoms with Gasteiger partial charge >= 0.3 is 0 Å². The summed E-state index contributed by atoms with van der Waals surface area (Å²) in [7, 11) is 0. The number of hydrogen-bond donors (Lipinski definition) is 1. The summed E-state index contributed by atoms with van der Waals surface area (Å²) in [6.45, 7) is 5.99. The van der Waals surface area contributed by atoms with Crippen LogP contribution in [0.3, 0.4) is 0 Å². The molecular formula is C19H17NO. The zero-order valence-electron chi connectivity index (χ0n) is 12.0. The summed E-state index contributed by atoms with van der Waals surface area (Å²) in [5, 5.41) is 0. The molecule has 1 aliphatic rings. The molecule has 0 bridgehead atoms. The average Bonchev–Trinajstić information content (AvgIpc) is 2.90. The number of benzene rings is 1. The van der Waals surface area contributed by atoms with Crippen LogP contribution in [-0.2, 0) is 0 Å². The smallest absolute Gasteiger partial charge is 0.249 e. The van der Waals surface area contributed by atoms with Crippen LogP contribution in [0.25, 0.3) is 0 Å². The van der Waals surface area contributed by atoms with Crippen LogP contribution in [0.15, 0.2) is 71.9 Å². The molecule has 21 heavy (non-hydrogen) atoms. The second-order valence-corrected chi connectivity index (χ2v) is 4.70. The molecule has 0 saturated heterocycles. The summed E-state index contributed by atoms with van der Waals surface area (Å²) in [6, 6.07) is 7.10. The lowest BCUT2D eigenvalue weighted by Crippen LogP contribution is -2.12. The van der Waals surface area contributed by atoms with Gasteiger partial charge in [-0.05, 0) is 36.6 Å². The van der Waals surface area contributed by atoms with Gasteiger partial charge in [0.15, 0.2) is 0 Å². The van der Waals surface area contributed by atoms with Gasteiger partial charge in [0, 0.05) is 11.1 Å². The fourth-order valence-electron chi connectivity index (χ4n) is 2.13. The Hall–Kier alpha value is -2.79. The Bertz CT molecular complexity index is 736. The number of hydrogen-bond acceptors (Lipinski definition) is 1. The highest BCUT2D eigenvalue weighted by atomic mass is 16.1. The van der Waals surface area contributed by atoms with Gasteiger partial charge in [-0.25, -0.2) is 0 Å². The molecule has 0 spiro atoms. The standard InChI is InChI=1S/C19H17NO/c1-3-7-15(17-11-6-8-14(17)2)12-13-16-9-4-5-10-18(16)19(20)21/h3-7,9-11H,2,8H2,1H3,(H2,20,21)/b7-3-,17-15+. The maximum atomic E-state index is 11.4. The maximum Gasteiger partial charge on any atom is 0.249 e. The Morgan fingerprint density at radius 2 is 2.14 bits per heavy atom. The van der Waals surface area contributed by atoms with Crippen molar-refractivity contribution in [1.29, 1.82) is 0 Å². The van der Waals surface area contributed by atoms with E-state index in [0.717, 1.165) is 23.1 Å². The van der Waals surface area contributed by atoms with Crippen LogP contribution < -0.4 is 5.73 Å². The van der Waals surface area contributed by atoms with E-state index in [0.29, 0.717) is 11.1 Å². The van der Waals surface area contributed by atoms with E-state index >= 15 is 0 Å². The van der Waals surface area contributed by atoms with E-state index in [1.807, 2.05) is 31.2 Å². The van der Waals surface area contributed by atoms with E-state index in [1.165, 1.54) is 0 Å². The zero-order chi connectivity index (χ0) is 15.2. The SMILES string of the molecule is C=C1CC=C/C1=C(C#Cc1ccccc1C(N)=O)/C=C\C. The van der Waals surface area contributed by atoms with Crippen LogP contribution in [0, 0.1) is 11.8 Å². The van der Waals surface area contributed by atoms with Gasteiger partial charge < -0.3 is 5.73 Å². The van der Waals surface area contributed by atoms with Crippen molar-refractivity contribution in [3.63, 3.8) is 0 Å². The van der Waals surface area contributed by atoms with Gasteiger partial charge in [-0.2, -0.15) is 0 Å². The molecule has 1 amide bonds. The minimum atomic E-state index is -0.467. The lowest BCUT2D eigenvalue weighted by Gasteiger charge is -2.01. The number of nitrogens with two attached hydrogens (primary N) is 1. The molecule has 0 fully saturated rings. The van der Waals surface area contributed by atoms with Gasteiger partial charge in [0.1, 0.15) is 0 Å². The fourth-order valence-corrected chi connectivity index (χ4v) is 2.13. The molecule has 0 saturated carbocycles. The van der Waals surface area contributed by atoms with Crippen molar-refractivity contribution >= 4 is 5.91 Å². The number of amides is 1. The Morgan fingerprint density at radius 3 is 2.76 bits per heavy atom. The molecule has 1 aromatic rings. The van der Waals surface area contributed by atoms with E-state index in [9.17, 15) is 4.79 Å². The Labute approximate surface area is 125 Å². The van der Waals surface area contributed by atoms with Crippen molar-refractivity contribution in [1.82, 2.24) is 0 Å². The molecule has 1 aliphatic carbocycles. The van der Waals surface area contributed by atoms with Crippen molar-refractivity contribution in [2.75, 3.05) is 0 Å². The fraction of sp³-hybridized carbons (Fsp3) is 0.105. The Balaban J connectivity index is 2.48. The molecule has 0 radical (unpaired) electrons. The molecule has 2 nitrogen and oxygen atoms in total. The topological polar surface area (TPSA) is 43.1 Å². The van der Waals surface area contributed by atoms with Crippen LogP contribution in [0.2, 0.25) is 0 Å². The zero-order valence-corrected chi connectivity index (χ0v) is 12.0. The maximum absolute atomic E-state index is 11.4. The van der Waals surface area contributed by atoms with Crippen LogP contribution in [0.5, 0.6) is 0 Å². The molecule has 2 heteroatoms. The Kier molecular flexibility index (Phi) is 4.58. The lowest BCUT2D eigenvalue weighted by atomic mass is 10.0. The Morgan fingerprint density at radius 1 is 1.38 bits per heavy atom. The predicted octanol–water partition coefficient (Wildman–Crippen LogP) is 3.53. The van der Waals surface area contributed by atoms with Gasteiger partial charge in [0.25, 0.3) is 0 Å². The summed E-state index contributed by atoms with van der Waals surface area (Å²) >= 11 is 0. The molecule has 2 N–H and O–H groups in total. The van der Waals surface area contributed by atoms with Gasteiger partial charge in [-0.15, -0.1) is 0 Å². The quantitative estimate of drug-likeness (QED) is 0.824. The summed E-state index contributed by atoms with van der Waals surface area (Å²) in [6.07, 6.45) is 8.86. The number of carbonyl (C=O) groups excluding carboxylic acids is 1. The molecule has 0 aromatic heterocycles. The van der Waals surface area contributed by atoms with Crippen molar-refractivity contribution < 1.29 is 4.79 Å². The number of primary amides is 1. The van der Waals surface area contributed by atoms with Crippen molar-refractivity contribution in [2.45, 2.75) is 13.3 Å². The third-order valence-electron chi connectivity index (χ3n) is 3.18. The summed E-state index contributed by atoms with van der Waals surface area (Å²) in [4.78, 5) is 11.4. The number of carbonyl (C=O) groups is 1. The van der Waals surface area contributed by atoms with Crippen LogP contribution in [0.4, 0.5) is 0 Å². The van der Waals surface area contributed by atoms with E-state index in [2.05, 4.69) is 24.5 Å². The van der Waals surface area contributed by atoms with Crippen LogP contribution in [-0.4, -0.2) is 5.91 Å². The molecule has 0 aliphatic heterocycles. The first-order valence-corrected chi connectivity index (χ1v) is 6.76. The highest BCUT2D eigenvalue weighted by molar-refractivity contribution is 5.95. The number of rotatable bonds is 2. The second-order valence-electron chi connectivity index (χ2n) is 4.70. The molecule has 2 rings (SSSR count). The number of allylic oxidation sites excluding steroid dienone is 7. The monoisotopic (exact) mass is 275 g/mol. The van der Waals surface area contributed by atoms with E-state index in [4.69, 9.17) is 5.73 Å². The van der Waals surface area contributed by atoms with Gasteiger partial charge in [-0.3, -0.25) is 4.79 Å². The van der Waals surface area contributed by atoms with Crippen LogP contribution >= 0.6 is 0 Å². The summed E-state index contributed by atoms with van der Waals surface area (Å²) in [5.41, 5.74) is 9.45.